The number of aromatic nitrogens is 1. The molecule has 1 aromatic heterocycles. The van der Waals surface area contributed by atoms with Crippen molar-refractivity contribution in [2.45, 2.75) is 12.5 Å². The van der Waals surface area contributed by atoms with Gasteiger partial charge in [0.2, 0.25) is 0 Å². The topological polar surface area (TPSA) is 79.1 Å². The quantitative estimate of drug-likeness (QED) is 0.703. The predicted molar refractivity (Wildman–Crippen MR) is 52.7 cm³/mol. The van der Waals surface area contributed by atoms with E-state index in [-0.39, 0.29) is 0 Å². The fourth-order valence-corrected chi connectivity index (χ4v) is 1.25. The highest BCUT2D eigenvalue weighted by molar-refractivity contribution is 14.1. The van der Waals surface area contributed by atoms with Gasteiger partial charge in [-0.15, -0.1) is 0 Å². The lowest BCUT2D eigenvalue weighted by Gasteiger charge is -2.16. The average Bonchev–Trinajstić information content (AvgIpc) is 2.35. The van der Waals surface area contributed by atoms with Crippen molar-refractivity contribution in [3.05, 3.63) is 21.5 Å². The van der Waals surface area contributed by atoms with Crippen LogP contribution in [-0.4, -0.2) is 16.1 Å². The Hall–Kier alpha value is -0.560. The number of nitrogens with two attached hydrogens (primary N) is 1. The van der Waals surface area contributed by atoms with Gasteiger partial charge in [0.1, 0.15) is 0 Å². The molecule has 0 bridgehead atoms. The molecule has 4 nitrogen and oxygen atoms in total. The first kappa shape index (κ1) is 9.53. The highest BCUT2D eigenvalue weighted by atomic mass is 127. The number of halogens is 1. The van der Waals surface area contributed by atoms with E-state index in [1.807, 2.05) is 0 Å². The van der Waals surface area contributed by atoms with Crippen molar-refractivity contribution >= 4 is 28.6 Å². The van der Waals surface area contributed by atoms with Crippen molar-refractivity contribution in [1.29, 1.82) is 0 Å². The van der Waals surface area contributed by atoms with Gasteiger partial charge in [-0.25, -0.2) is 4.79 Å². The number of aromatic amines is 1. The second kappa shape index (κ2) is 3.06. The van der Waals surface area contributed by atoms with E-state index in [0.717, 1.165) is 3.57 Å². The van der Waals surface area contributed by atoms with Crippen molar-refractivity contribution in [1.82, 2.24) is 4.98 Å². The molecule has 0 aliphatic rings. The van der Waals surface area contributed by atoms with Crippen LogP contribution in [0.2, 0.25) is 0 Å². The van der Waals surface area contributed by atoms with Crippen LogP contribution < -0.4 is 5.73 Å². The van der Waals surface area contributed by atoms with E-state index in [0.29, 0.717) is 5.69 Å². The Kier molecular flexibility index (Phi) is 2.43. The first-order valence-electron chi connectivity index (χ1n) is 3.31. The van der Waals surface area contributed by atoms with Gasteiger partial charge >= 0.3 is 5.97 Å². The van der Waals surface area contributed by atoms with Crippen molar-refractivity contribution < 1.29 is 9.90 Å². The maximum absolute atomic E-state index is 10.7. The van der Waals surface area contributed by atoms with Crippen molar-refractivity contribution in [2.24, 2.45) is 5.73 Å². The highest BCUT2D eigenvalue weighted by Crippen LogP contribution is 2.18. The Bertz CT molecular complexity index is 306. The first-order valence-corrected chi connectivity index (χ1v) is 4.39. The maximum atomic E-state index is 10.7. The number of carbonyl (C=O) groups is 1. The minimum atomic E-state index is -1.33. The molecule has 0 saturated heterocycles. The lowest BCUT2D eigenvalue weighted by molar-refractivity contribution is -0.143. The number of rotatable bonds is 2. The summed E-state index contributed by atoms with van der Waals surface area (Å²) in [6.07, 6.45) is 1.71. The molecule has 1 unspecified atom stereocenters. The number of nitrogens with one attached hydrogen (secondary N) is 1. The molecule has 0 spiro atoms. The molecule has 5 heteroatoms. The summed E-state index contributed by atoms with van der Waals surface area (Å²) in [5.41, 5.74) is 4.74. The Labute approximate surface area is 83.3 Å². The standard InChI is InChI=1S/C7H9IN2O2/c1-7(9,6(11)12)5-2-4(8)3-10-5/h2-3,10H,9H2,1H3,(H,11,12). The van der Waals surface area contributed by atoms with Gasteiger partial charge in [-0.05, 0) is 35.6 Å². The highest BCUT2D eigenvalue weighted by Gasteiger charge is 2.31. The van der Waals surface area contributed by atoms with Crippen LogP contribution in [0.1, 0.15) is 12.6 Å². The van der Waals surface area contributed by atoms with E-state index in [2.05, 4.69) is 27.6 Å². The molecular formula is C7H9IN2O2. The molecule has 0 aromatic carbocycles. The number of hydrogen-bond donors (Lipinski definition) is 3. The molecule has 1 heterocycles. The van der Waals surface area contributed by atoms with Gasteiger partial charge in [0.25, 0.3) is 0 Å². The van der Waals surface area contributed by atoms with Crippen molar-refractivity contribution in [3.63, 3.8) is 0 Å². The Balaban J connectivity index is 3.05. The van der Waals surface area contributed by atoms with E-state index < -0.39 is 11.5 Å². The van der Waals surface area contributed by atoms with E-state index in [1.54, 1.807) is 12.3 Å². The largest absolute Gasteiger partial charge is 0.480 e. The van der Waals surface area contributed by atoms with Crippen molar-refractivity contribution in [2.75, 3.05) is 0 Å². The van der Waals surface area contributed by atoms with Crippen LogP contribution in [0, 0.1) is 3.57 Å². The minimum Gasteiger partial charge on any atom is -0.480 e. The summed E-state index contributed by atoms with van der Waals surface area (Å²) in [6.45, 7) is 1.46. The van der Waals surface area contributed by atoms with Crippen LogP contribution in [0.4, 0.5) is 0 Å². The van der Waals surface area contributed by atoms with E-state index in [4.69, 9.17) is 10.8 Å². The summed E-state index contributed by atoms with van der Waals surface area (Å²) in [5.74, 6) is -1.04. The summed E-state index contributed by atoms with van der Waals surface area (Å²) in [7, 11) is 0. The van der Waals surface area contributed by atoms with Crippen LogP contribution >= 0.6 is 22.6 Å². The number of aliphatic carboxylic acids is 1. The fraction of sp³-hybridized carbons (Fsp3) is 0.286. The SMILES string of the molecule is CC(N)(C(=O)O)c1cc(I)c[nH]1. The zero-order chi connectivity index (χ0) is 9.35. The third kappa shape index (κ3) is 1.61. The van der Waals surface area contributed by atoms with Gasteiger partial charge in [-0.3, -0.25) is 0 Å². The maximum Gasteiger partial charge on any atom is 0.329 e. The molecule has 0 fully saturated rings. The van der Waals surface area contributed by atoms with Gasteiger partial charge < -0.3 is 15.8 Å². The Morgan fingerprint density at radius 1 is 1.83 bits per heavy atom. The fourth-order valence-electron chi connectivity index (χ4n) is 0.783. The minimum absolute atomic E-state index is 0.513. The van der Waals surface area contributed by atoms with E-state index >= 15 is 0 Å². The monoisotopic (exact) mass is 280 g/mol. The van der Waals surface area contributed by atoms with Gasteiger partial charge in [0.15, 0.2) is 5.54 Å². The van der Waals surface area contributed by atoms with E-state index in [9.17, 15) is 4.79 Å². The summed E-state index contributed by atoms with van der Waals surface area (Å²) in [6, 6.07) is 1.72. The van der Waals surface area contributed by atoms with Crippen LogP contribution in [0.25, 0.3) is 0 Å². The molecule has 0 amide bonds. The van der Waals surface area contributed by atoms with Crippen LogP contribution in [-0.2, 0) is 10.3 Å². The molecular weight excluding hydrogens is 271 g/mol. The normalized spacial score (nSPS) is 15.6. The van der Waals surface area contributed by atoms with Gasteiger partial charge in [0, 0.05) is 15.5 Å². The molecule has 12 heavy (non-hydrogen) atoms. The summed E-state index contributed by atoms with van der Waals surface area (Å²) in [4.78, 5) is 13.5. The lowest BCUT2D eigenvalue weighted by Crippen LogP contribution is -2.41. The summed E-state index contributed by atoms with van der Waals surface area (Å²) in [5, 5.41) is 8.76. The molecule has 1 aromatic rings. The molecule has 0 aliphatic heterocycles. The average molecular weight is 280 g/mol. The van der Waals surface area contributed by atoms with Crippen molar-refractivity contribution in [3.8, 4) is 0 Å². The van der Waals surface area contributed by atoms with E-state index in [1.165, 1.54) is 6.92 Å². The molecule has 0 aliphatic carbocycles. The number of hydrogen-bond acceptors (Lipinski definition) is 2. The number of carboxylic acids is 1. The number of carboxylic acid groups (broad SMARTS) is 1. The van der Waals surface area contributed by atoms with Gasteiger partial charge in [-0.1, -0.05) is 0 Å². The molecule has 0 radical (unpaired) electrons. The zero-order valence-corrected chi connectivity index (χ0v) is 8.62. The number of H-pyrrole nitrogens is 1. The lowest BCUT2D eigenvalue weighted by atomic mass is 10.0. The smallest absolute Gasteiger partial charge is 0.329 e. The van der Waals surface area contributed by atoms with Gasteiger partial charge in [0.05, 0.1) is 0 Å². The van der Waals surface area contributed by atoms with Crippen LogP contribution in [0.3, 0.4) is 0 Å². The molecule has 1 rings (SSSR count). The Morgan fingerprint density at radius 2 is 2.42 bits per heavy atom. The molecule has 4 N–H and O–H groups in total. The Morgan fingerprint density at radius 3 is 2.75 bits per heavy atom. The van der Waals surface area contributed by atoms with Gasteiger partial charge in [-0.2, -0.15) is 0 Å². The summed E-state index contributed by atoms with van der Waals surface area (Å²) >= 11 is 2.08. The second-order valence-corrected chi connectivity index (χ2v) is 3.98. The molecule has 0 saturated carbocycles. The molecule has 1 atom stereocenters. The second-order valence-electron chi connectivity index (χ2n) is 2.74. The zero-order valence-electron chi connectivity index (χ0n) is 6.47. The van der Waals surface area contributed by atoms with Crippen LogP contribution in [0.15, 0.2) is 12.3 Å². The summed E-state index contributed by atoms with van der Waals surface area (Å²) < 4.78 is 0.945. The van der Waals surface area contributed by atoms with Crippen LogP contribution in [0.5, 0.6) is 0 Å². The molecule has 66 valence electrons. The predicted octanol–water partition coefficient (Wildman–Crippen LogP) is 0.878. The third-order valence-corrected chi connectivity index (χ3v) is 2.27. The third-order valence-electron chi connectivity index (χ3n) is 1.65. The first-order chi connectivity index (χ1) is 5.44.